The number of halogens is 1. The van der Waals surface area contributed by atoms with Gasteiger partial charge in [0.15, 0.2) is 0 Å². The van der Waals surface area contributed by atoms with Crippen molar-refractivity contribution < 1.29 is 23.4 Å². The summed E-state index contributed by atoms with van der Waals surface area (Å²) in [5.74, 6) is -0.443. The van der Waals surface area contributed by atoms with E-state index in [0.29, 0.717) is 5.69 Å². The highest BCUT2D eigenvalue weighted by molar-refractivity contribution is 7.90. The molecule has 1 aromatic rings. The van der Waals surface area contributed by atoms with Crippen molar-refractivity contribution >= 4 is 41.5 Å². The van der Waals surface area contributed by atoms with E-state index in [4.69, 9.17) is 25.6 Å². The van der Waals surface area contributed by atoms with Gasteiger partial charge in [0.1, 0.15) is 15.9 Å². The Morgan fingerprint density at radius 2 is 1.70 bits per heavy atom. The van der Waals surface area contributed by atoms with Crippen LogP contribution in [0.3, 0.4) is 0 Å². The third-order valence-corrected chi connectivity index (χ3v) is 8.45. The number of nitrogens with one attached hydrogen (secondary N) is 1. The molecule has 0 amide bonds. The lowest BCUT2D eigenvalue weighted by Crippen LogP contribution is -2.50. The van der Waals surface area contributed by atoms with Crippen molar-refractivity contribution in [3.8, 4) is 0 Å². The summed E-state index contributed by atoms with van der Waals surface area (Å²) >= 11 is 4.97. The van der Waals surface area contributed by atoms with E-state index in [1.165, 1.54) is 7.11 Å². The summed E-state index contributed by atoms with van der Waals surface area (Å²) in [5, 5.41) is 0.247. The smallest absolute Gasteiger partial charge is 0.495 e. The second-order valence-corrected chi connectivity index (χ2v) is 11.8. The zero-order valence-corrected chi connectivity index (χ0v) is 22.7. The number of hydrogen-bond donors (Lipinski definition) is 1. The first-order valence-electron chi connectivity index (χ1n) is 11.7. The minimum absolute atomic E-state index is 0.0425. The molecule has 1 unspecified atom stereocenters. The predicted molar refractivity (Wildman–Crippen MR) is 134 cm³/mol. The van der Waals surface area contributed by atoms with Crippen LogP contribution in [0, 0.1) is 0 Å². The van der Waals surface area contributed by atoms with Gasteiger partial charge in [0.05, 0.1) is 30.4 Å². The summed E-state index contributed by atoms with van der Waals surface area (Å²) in [5.41, 5.74) is 0.387. The minimum Gasteiger partial charge on any atom is -0.598 e. The van der Waals surface area contributed by atoms with Crippen LogP contribution in [0.2, 0.25) is 5.15 Å². The van der Waals surface area contributed by atoms with E-state index in [9.17, 15) is 9.35 Å². The predicted octanol–water partition coefficient (Wildman–Crippen LogP) is 4.25. The number of carbonyl (C=O) groups excluding carboxylic acids is 1. The van der Waals surface area contributed by atoms with Gasteiger partial charge in [-0.2, -0.15) is 0 Å². The highest BCUT2D eigenvalue weighted by Crippen LogP contribution is 2.46. The lowest BCUT2D eigenvalue weighted by Gasteiger charge is -2.42. The Morgan fingerprint density at radius 1 is 1.18 bits per heavy atom. The fourth-order valence-corrected chi connectivity index (χ4v) is 5.56. The van der Waals surface area contributed by atoms with Gasteiger partial charge in [-0.15, -0.1) is 4.72 Å². The molecule has 1 N–H and O–H groups in total. The normalized spacial score (nSPS) is 19.4. The Hall–Kier alpha value is -0.835. The van der Waals surface area contributed by atoms with Gasteiger partial charge in [-0.1, -0.05) is 39.3 Å². The van der Waals surface area contributed by atoms with Gasteiger partial charge >= 0.3 is 13.1 Å². The van der Waals surface area contributed by atoms with Crippen molar-refractivity contribution in [3.63, 3.8) is 0 Å². The zero-order chi connectivity index (χ0) is 25.0. The van der Waals surface area contributed by atoms with Gasteiger partial charge in [0.25, 0.3) is 0 Å². The van der Waals surface area contributed by atoms with Crippen LogP contribution in [0.25, 0.3) is 0 Å². The van der Waals surface area contributed by atoms with Gasteiger partial charge in [0, 0.05) is 11.4 Å². The Kier molecular flexibility index (Phi) is 9.70. The number of carbonyl (C=O) groups is 1. The zero-order valence-electron chi connectivity index (χ0n) is 21.1. The SMILES string of the molecule is CCC1(CC)OB(c2cc(Cl)nc([C@H](CC(=O)OC)N[S+]([O-])C(C)(C)C)c2)OC1(CC)CC. The molecule has 1 aromatic heterocycles. The van der Waals surface area contributed by atoms with E-state index >= 15 is 0 Å². The molecule has 2 heterocycles. The highest BCUT2D eigenvalue weighted by Gasteiger charge is 2.58. The molecular formula is C23H38BClN2O5S. The maximum Gasteiger partial charge on any atom is 0.495 e. The maximum absolute atomic E-state index is 12.8. The van der Waals surface area contributed by atoms with Gasteiger partial charge in [0.2, 0.25) is 0 Å². The van der Waals surface area contributed by atoms with Crippen LogP contribution in [0.4, 0.5) is 0 Å². The molecule has 0 bridgehead atoms. The Labute approximate surface area is 207 Å². The number of rotatable bonds is 10. The number of aromatic nitrogens is 1. The van der Waals surface area contributed by atoms with Crippen LogP contribution in [-0.2, 0) is 30.2 Å². The molecule has 186 valence electrons. The quantitative estimate of drug-likeness (QED) is 0.222. The molecule has 33 heavy (non-hydrogen) atoms. The van der Waals surface area contributed by atoms with Crippen LogP contribution >= 0.6 is 11.6 Å². The summed E-state index contributed by atoms with van der Waals surface area (Å²) in [6.07, 6.45) is 3.25. The molecule has 0 saturated carbocycles. The van der Waals surface area contributed by atoms with Crippen molar-refractivity contribution in [1.29, 1.82) is 0 Å². The average molecular weight is 501 g/mol. The van der Waals surface area contributed by atoms with Gasteiger partial charge in [-0.25, -0.2) is 4.98 Å². The Bertz CT molecular complexity index is 795. The number of nitrogens with zero attached hydrogens (tertiary/aromatic N) is 1. The number of pyridine rings is 1. The van der Waals surface area contributed by atoms with E-state index in [1.807, 2.05) is 26.8 Å². The van der Waals surface area contributed by atoms with E-state index in [1.54, 1.807) is 6.07 Å². The van der Waals surface area contributed by atoms with Crippen LogP contribution in [0.1, 0.15) is 92.3 Å². The van der Waals surface area contributed by atoms with E-state index in [0.717, 1.165) is 31.1 Å². The molecule has 1 saturated heterocycles. The summed E-state index contributed by atoms with van der Waals surface area (Å²) in [7, 11) is 0.706. The number of esters is 1. The first-order chi connectivity index (χ1) is 15.4. The summed E-state index contributed by atoms with van der Waals surface area (Å²) in [6, 6.07) is 2.89. The van der Waals surface area contributed by atoms with Gasteiger partial charge in [-0.05, 0) is 64.1 Å². The third kappa shape index (κ3) is 6.06. The van der Waals surface area contributed by atoms with Crippen molar-refractivity contribution in [3.05, 3.63) is 23.0 Å². The number of hydrogen-bond acceptors (Lipinski definition) is 7. The van der Waals surface area contributed by atoms with E-state index in [-0.39, 0.29) is 11.6 Å². The molecule has 0 aliphatic carbocycles. The van der Waals surface area contributed by atoms with Crippen LogP contribution in [0.15, 0.2) is 12.1 Å². The molecule has 1 aliphatic rings. The monoisotopic (exact) mass is 500 g/mol. The maximum atomic E-state index is 12.8. The summed E-state index contributed by atoms with van der Waals surface area (Å²) in [6.45, 7) is 14.1. The molecule has 0 aromatic carbocycles. The molecular weight excluding hydrogens is 463 g/mol. The standard InChI is InChI=1S/C23H38BClN2O5S/c1-9-22(10-2)23(11-3,12-4)32-24(31-22)16-13-17(26-19(25)14-16)18(15-20(28)30-8)27-33(29)21(5,6)7/h13-14,18,27H,9-12,15H2,1-8H3/t18-,33?/m0/s1. The second-order valence-electron chi connectivity index (χ2n) is 9.45. The van der Waals surface area contributed by atoms with Crippen LogP contribution < -0.4 is 10.2 Å². The van der Waals surface area contributed by atoms with Gasteiger partial charge in [-0.3, -0.25) is 4.79 Å². The lowest BCUT2D eigenvalue weighted by molar-refractivity contribution is -0.141. The van der Waals surface area contributed by atoms with Crippen LogP contribution in [0.5, 0.6) is 0 Å². The fourth-order valence-electron chi connectivity index (χ4n) is 4.52. The average Bonchev–Trinajstić information content (AvgIpc) is 3.12. The Morgan fingerprint density at radius 3 is 2.12 bits per heavy atom. The molecule has 0 radical (unpaired) electrons. The second kappa shape index (κ2) is 11.3. The van der Waals surface area contributed by atoms with Gasteiger partial charge < -0.3 is 18.6 Å². The van der Waals surface area contributed by atoms with Crippen molar-refractivity contribution in [2.45, 2.75) is 103 Å². The van der Waals surface area contributed by atoms with Crippen molar-refractivity contribution in [2.75, 3.05) is 7.11 Å². The first-order valence-corrected chi connectivity index (χ1v) is 13.2. The molecule has 2 rings (SSSR count). The highest BCUT2D eigenvalue weighted by atomic mass is 35.5. The molecule has 2 atom stereocenters. The van der Waals surface area contributed by atoms with Crippen LogP contribution in [-0.4, -0.2) is 45.7 Å². The molecule has 0 spiro atoms. The summed E-state index contributed by atoms with van der Waals surface area (Å²) in [4.78, 5) is 16.5. The third-order valence-electron chi connectivity index (χ3n) is 6.65. The topological polar surface area (TPSA) is 92.7 Å². The minimum atomic E-state index is -1.44. The number of ether oxygens (including phenoxy) is 1. The fraction of sp³-hybridized carbons (Fsp3) is 0.739. The number of methoxy groups -OCH3 is 1. The van der Waals surface area contributed by atoms with E-state index in [2.05, 4.69) is 37.4 Å². The lowest BCUT2D eigenvalue weighted by atomic mass is 9.75. The largest absolute Gasteiger partial charge is 0.598 e. The first kappa shape index (κ1) is 28.4. The van der Waals surface area contributed by atoms with Crippen molar-refractivity contribution in [2.24, 2.45) is 0 Å². The molecule has 1 aliphatic heterocycles. The molecule has 1 fully saturated rings. The molecule has 10 heteroatoms. The Balaban J connectivity index is 2.47. The van der Waals surface area contributed by atoms with Crippen molar-refractivity contribution in [1.82, 2.24) is 9.71 Å². The summed E-state index contributed by atoms with van der Waals surface area (Å²) < 4.78 is 33.3. The molecule has 7 nitrogen and oxygen atoms in total. The van der Waals surface area contributed by atoms with E-state index < -0.39 is 46.4 Å².